The number of halogens is 1. The van der Waals surface area contributed by atoms with Gasteiger partial charge < -0.3 is 14.4 Å². The Morgan fingerprint density at radius 3 is 2.37 bits per heavy atom. The zero-order chi connectivity index (χ0) is 19.6. The molecule has 2 aromatic rings. The number of carbonyl (C=O) groups is 1. The van der Waals surface area contributed by atoms with E-state index in [4.69, 9.17) is 21.1 Å². The summed E-state index contributed by atoms with van der Waals surface area (Å²) in [7, 11) is -3.14. The van der Waals surface area contributed by atoms with Crippen LogP contribution in [0.1, 0.15) is 10.4 Å². The monoisotopic (exact) mass is 411 g/mol. The van der Waals surface area contributed by atoms with Gasteiger partial charge in [-0.15, -0.1) is 0 Å². The van der Waals surface area contributed by atoms with Crippen LogP contribution in [0.2, 0.25) is 5.02 Å². The van der Waals surface area contributed by atoms with Crippen LogP contribution in [0.15, 0.2) is 41.3 Å². The molecule has 1 aliphatic heterocycles. The van der Waals surface area contributed by atoms with Gasteiger partial charge in [-0.1, -0.05) is 23.7 Å². The van der Waals surface area contributed by atoms with E-state index in [1.807, 2.05) is 0 Å². The second-order valence-corrected chi connectivity index (χ2v) is 7.74. The number of carbonyl (C=O) groups excluding carboxylic acids is 1. The minimum Gasteiger partial charge on any atom is -0.495 e. The van der Waals surface area contributed by atoms with Gasteiger partial charge in [0.15, 0.2) is 0 Å². The lowest BCUT2D eigenvalue weighted by Gasteiger charge is -2.27. The molecule has 1 saturated heterocycles. The Kier molecular flexibility index (Phi) is 5.71. The van der Waals surface area contributed by atoms with Gasteiger partial charge in [0.25, 0.3) is 16.0 Å². The number of hydrogen-bond acceptors (Lipinski definition) is 5. The number of benzene rings is 2. The summed E-state index contributed by atoms with van der Waals surface area (Å²) in [6.45, 7) is 2.00. The van der Waals surface area contributed by atoms with Crippen molar-refractivity contribution in [1.29, 1.82) is 0 Å². The van der Waals surface area contributed by atoms with Gasteiger partial charge in [-0.25, -0.2) is 0 Å². The van der Waals surface area contributed by atoms with Crippen LogP contribution < -0.4 is 4.74 Å². The fraction of sp³-hybridized carbons (Fsp3) is 0.278. The highest BCUT2D eigenvalue weighted by Crippen LogP contribution is 2.32. The number of amides is 1. The molecule has 9 heteroatoms. The fourth-order valence-corrected chi connectivity index (χ4v) is 3.81. The Bertz CT molecular complexity index is 970. The Balaban J connectivity index is 1.95. The third kappa shape index (κ3) is 4.24. The highest BCUT2D eigenvalue weighted by atomic mass is 35.5. The van der Waals surface area contributed by atoms with Gasteiger partial charge in [0.1, 0.15) is 10.6 Å². The summed E-state index contributed by atoms with van der Waals surface area (Å²) in [6.07, 6.45) is 0. The number of hydrogen-bond donors (Lipinski definition) is 1. The van der Waals surface area contributed by atoms with Crippen LogP contribution in [0.3, 0.4) is 0 Å². The van der Waals surface area contributed by atoms with Gasteiger partial charge in [-0.2, -0.15) is 8.42 Å². The third-order valence-electron chi connectivity index (χ3n) is 4.27. The molecule has 2 aromatic carbocycles. The van der Waals surface area contributed by atoms with E-state index in [9.17, 15) is 17.8 Å². The van der Waals surface area contributed by atoms with Crippen LogP contribution >= 0.6 is 11.6 Å². The fourth-order valence-electron chi connectivity index (χ4n) is 2.86. The number of morpholine rings is 1. The molecule has 1 aliphatic rings. The Hall–Kier alpha value is -2.13. The number of ether oxygens (including phenoxy) is 2. The van der Waals surface area contributed by atoms with Crippen molar-refractivity contribution in [3.8, 4) is 16.9 Å². The Morgan fingerprint density at radius 1 is 1.15 bits per heavy atom. The van der Waals surface area contributed by atoms with E-state index in [1.165, 1.54) is 19.2 Å². The largest absolute Gasteiger partial charge is 0.495 e. The quantitative estimate of drug-likeness (QED) is 0.777. The van der Waals surface area contributed by atoms with E-state index in [0.717, 1.165) is 0 Å². The van der Waals surface area contributed by atoms with Crippen molar-refractivity contribution in [2.24, 2.45) is 0 Å². The maximum Gasteiger partial charge on any atom is 0.298 e. The molecule has 0 atom stereocenters. The topological polar surface area (TPSA) is 93.1 Å². The lowest BCUT2D eigenvalue weighted by molar-refractivity contribution is 0.0303. The summed E-state index contributed by atoms with van der Waals surface area (Å²) in [6, 6.07) is 9.25. The van der Waals surface area contributed by atoms with Crippen LogP contribution in [0, 0.1) is 0 Å². The molecular weight excluding hydrogens is 394 g/mol. The minimum atomic E-state index is -4.45. The minimum absolute atomic E-state index is 0.0338. The number of nitrogens with zero attached hydrogens (tertiary/aromatic N) is 1. The first-order valence-electron chi connectivity index (χ1n) is 8.13. The number of methoxy groups -OCH3 is 1. The predicted octanol–water partition coefficient (Wildman–Crippen LogP) is 2.73. The molecule has 0 radical (unpaired) electrons. The van der Waals surface area contributed by atoms with E-state index < -0.39 is 10.1 Å². The summed E-state index contributed by atoms with van der Waals surface area (Å²) < 4.78 is 42.8. The first-order chi connectivity index (χ1) is 12.8. The van der Waals surface area contributed by atoms with Crippen LogP contribution in [0.5, 0.6) is 5.75 Å². The highest BCUT2D eigenvalue weighted by molar-refractivity contribution is 7.86. The summed E-state index contributed by atoms with van der Waals surface area (Å²) in [5.41, 5.74) is 1.48. The normalized spacial score (nSPS) is 14.9. The maximum atomic E-state index is 12.6. The molecule has 0 bridgehead atoms. The molecule has 0 aliphatic carbocycles. The zero-order valence-electron chi connectivity index (χ0n) is 14.5. The summed E-state index contributed by atoms with van der Waals surface area (Å²) in [5.74, 6) is -0.144. The van der Waals surface area contributed by atoms with E-state index in [1.54, 1.807) is 29.2 Å². The Labute approximate surface area is 162 Å². The van der Waals surface area contributed by atoms with Crippen molar-refractivity contribution in [3.05, 3.63) is 47.0 Å². The molecule has 3 rings (SSSR count). The van der Waals surface area contributed by atoms with Gasteiger partial charge in [-0.05, 0) is 35.4 Å². The van der Waals surface area contributed by atoms with Gasteiger partial charge in [0.2, 0.25) is 0 Å². The predicted molar refractivity (Wildman–Crippen MR) is 100.0 cm³/mol. The SMILES string of the molecule is COc1ccc(-c2ccc(C(=O)N3CCOCC3)c(Cl)c2)cc1S(=O)(=O)O. The average Bonchev–Trinajstić information content (AvgIpc) is 2.67. The Morgan fingerprint density at radius 2 is 1.78 bits per heavy atom. The molecule has 1 fully saturated rings. The molecule has 0 spiro atoms. The van der Waals surface area contributed by atoms with Crippen molar-refractivity contribution >= 4 is 27.6 Å². The standard InChI is InChI=1S/C18H18ClNO6S/c1-25-16-5-3-13(11-17(16)27(22,23)24)12-2-4-14(15(19)10-12)18(21)20-6-8-26-9-7-20/h2-5,10-11H,6-9H2,1H3,(H,22,23,24). The van der Waals surface area contributed by atoms with Crippen molar-refractivity contribution in [2.75, 3.05) is 33.4 Å². The van der Waals surface area contributed by atoms with Crippen molar-refractivity contribution in [3.63, 3.8) is 0 Å². The molecule has 27 heavy (non-hydrogen) atoms. The molecule has 0 aromatic heterocycles. The second kappa shape index (κ2) is 7.85. The van der Waals surface area contributed by atoms with Crippen molar-refractivity contribution in [2.45, 2.75) is 4.90 Å². The lowest BCUT2D eigenvalue weighted by atomic mass is 10.0. The maximum absolute atomic E-state index is 12.6. The molecule has 1 N–H and O–H groups in total. The lowest BCUT2D eigenvalue weighted by Crippen LogP contribution is -2.40. The first kappa shape index (κ1) is 19.6. The summed E-state index contributed by atoms with van der Waals surface area (Å²) in [5, 5.41) is 0.258. The number of rotatable bonds is 4. The first-order valence-corrected chi connectivity index (χ1v) is 9.95. The van der Waals surface area contributed by atoms with Gasteiger partial charge in [0, 0.05) is 13.1 Å². The third-order valence-corrected chi connectivity index (χ3v) is 5.46. The average molecular weight is 412 g/mol. The molecule has 144 valence electrons. The molecule has 7 nitrogen and oxygen atoms in total. The van der Waals surface area contributed by atoms with Crippen LogP contribution in [0.25, 0.3) is 11.1 Å². The van der Waals surface area contributed by atoms with Crippen LogP contribution in [-0.4, -0.2) is 57.2 Å². The van der Waals surface area contributed by atoms with Crippen LogP contribution in [-0.2, 0) is 14.9 Å². The second-order valence-electron chi connectivity index (χ2n) is 5.94. The van der Waals surface area contributed by atoms with Crippen molar-refractivity contribution in [1.82, 2.24) is 4.90 Å². The van der Waals surface area contributed by atoms with Gasteiger partial charge >= 0.3 is 0 Å². The van der Waals surface area contributed by atoms with E-state index >= 15 is 0 Å². The highest BCUT2D eigenvalue weighted by Gasteiger charge is 2.22. The molecular formula is C18H18ClNO6S. The van der Waals surface area contributed by atoms with Gasteiger partial charge in [-0.3, -0.25) is 9.35 Å². The molecule has 0 saturated carbocycles. The summed E-state index contributed by atoms with van der Waals surface area (Å²) >= 11 is 6.31. The molecule has 1 amide bonds. The summed E-state index contributed by atoms with van der Waals surface area (Å²) in [4.78, 5) is 13.9. The molecule has 0 unspecified atom stereocenters. The van der Waals surface area contributed by atoms with E-state index in [-0.39, 0.29) is 21.6 Å². The molecule has 1 heterocycles. The van der Waals surface area contributed by atoms with Crippen LogP contribution in [0.4, 0.5) is 0 Å². The zero-order valence-corrected chi connectivity index (χ0v) is 16.1. The smallest absolute Gasteiger partial charge is 0.298 e. The van der Waals surface area contributed by atoms with E-state index in [2.05, 4.69) is 0 Å². The van der Waals surface area contributed by atoms with Gasteiger partial charge in [0.05, 0.1) is 30.9 Å². The van der Waals surface area contributed by atoms with Crippen molar-refractivity contribution < 1.29 is 27.2 Å². The van der Waals surface area contributed by atoms with E-state index in [0.29, 0.717) is 43.0 Å².